The Hall–Kier alpha value is -5.32. The highest BCUT2D eigenvalue weighted by Crippen LogP contribution is 2.58. The summed E-state index contributed by atoms with van der Waals surface area (Å²) in [6.45, 7) is 12.0. The van der Waals surface area contributed by atoms with Crippen molar-refractivity contribution in [3.8, 4) is 34.4 Å². The van der Waals surface area contributed by atoms with E-state index in [1.54, 1.807) is 32.2 Å². The van der Waals surface area contributed by atoms with Crippen molar-refractivity contribution in [3.05, 3.63) is 54.6 Å². The number of nitrogens with zero attached hydrogens (tertiary/aromatic N) is 2. The predicted octanol–water partition coefficient (Wildman–Crippen LogP) is 9.01. The molecule has 2 aliphatic carbocycles. The summed E-state index contributed by atoms with van der Waals surface area (Å²) in [4.78, 5) is 64.6. The molecule has 0 radical (unpaired) electrons. The zero-order valence-electron chi connectivity index (χ0n) is 41.4. The first kappa shape index (κ1) is 51.5. The van der Waals surface area contributed by atoms with Gasteiger partial charge in [0, 0.05) is 36.1 Å². The third-order valence-electron chi connectivity index (χ3n) is 14.7. The van der Waals surface area contributed by atoms with Crippen LogP contribution in [0.2, 0.25) is 0 Å². The number of alkyl halides is 2. The number of rotatable bonds is 14. The Morgan fingerprint density at radius 3 is 2.28 bits per heavy atom. The third-order valence-corrected chi connectivity index (χ3v) is 16.9. The highest BCUT2D eigenvalue weighted by Gasteiger charge is 2.63. The maximum Gasteiger partial charge on any atom is 0.307 e. The highest BCUT2D eigenvalue weighted by molar-refractivity contribution is 7.91. The first-order valence-electron chi connectivity index (χ1n) is 24.0. The molecule has 2 aromatic carbocycles. The van der Waals surface area contributed by atoms with Gasteiger partial charge in [0.2, 0.25) is 27.7 Å². The number of carbonyl (C=O) groups is 4. The number of ether oxygens (including phenoxy) is 5. The summed E-state index contributed by atoms with van der Waals surface area (Å²) in [5, 5.41) is 1.16. The minimum atomic E-state index is -4.05. The lowest BCUT2D eigenvalue weighted by atomic mass is 9.82. The number of methoxy groups -OCH3 is 2. The molecule has 14 nitrogen and oxygen atoms in total. The SMILES string of the molecule is COc1ccc2c(O[C@@H]3C[C@H]4C(=O)C[C@]5(C(=O)NS(=O)(=O)C6(C)CC6)C[C@H]5/C=C\CC[C@H](C)C[C@@H](C)[C@H](CC(=O)OC(C)(C)C(C)(F)F)C(=O)N4C3)nc(-c3ccc(OC(C)C)cc3)c(OC)c2c1. The second-order valence-electron chi connectivity index (χ2n) is 20.9. The molecule has 1 saturated heterocycles. The van der Waals surface area contributed by atoms with E-state index in [1.807, 2.05) is 64.1 Å². The summed E-state index contributed by atoms with van der Waals surface area (Å²) in [5.41, 5.74) is -2.46. The molecule has 0 spiro atoms. The van der Waals surface area contributed by atoms with Crippen LogP contribution in [-0.4, -0.2) is 97.2 Å². The van der Waals surface area contributed by atoms with Crippen LogP contribution in [0.25, 0.3) is 22.0 Å². The highest BCUT2D eigenvalue weighted by atomic mass is 32.2. The molecule has 1 N–H and O–H groups in total. The van der Waals surface area contributed by atoms with Gasteiger partial charge in [-0.2, -0.15) is 0 Å². The monoisotopic (exact) mass is 979 g/mol. The van der Waals surface area contributed by atoms with Crippen LogP contribution in [0.1, 0.15) is 113 Å². The fraction of sp³-hybridized carbons (Fsp3) is 0.596. The number of aromatic nitrogens is 1. The van der Waals surface area contributed by atoms with E-state index in [1.165, 1.54) is 12.0 Å². The number of ketones is 1. The molecule has 7 rings (SSSR count). The number of carbonyl (C=O) groups excluding carboxylic acids is 4. The number of Topliss-reactive ketones (excluding diaryl/α,β-unsaturated/α-hetero) is 1. The molecule has 2 saturated carbocycles. The van der Waals surface area contributed by atoms with Gasteiger partial charge in [-0.25, -0.2) is 22.2 Å². The van der Waals surface area contributed by atoms with Gasteiger partial charge in [0.05, 0.1) is 55.4 Å². The summed E-state index contributed by atoms with van der Waals surface area (Å²) >= 11 is 0. The number of esters is 1. The summed E-state index contributed by atoms with van der Waals surface area (Å²) < 4.78 is 87.0. The lowest BCUT2D eigenvalue weighted by Crippen LogP contribution is -2.49. The summed E-state index contributed by atoms with van der Waals surface area (Å²) in [6.07, 6.45) is 4.80. The summed E-state index contributed by atoms with van der Waals surface area (Å²) in [6, 6.07) is 11.5. The molecule has 17 heteroatoms. The maximum absolute atomic E-state index is 15.3. The smallest absolute Gasteiger partial charge is 0.307 e. The largest absolute Gasteiger partial charge is 0.497 e. The number of hydrogen-bond acceptors (Lipinski definition) is 12. The first-order chi connectivity index (χ1) is 32.3. The van der Waals surface area contributed by atoms with Gasteiger partial charge in [0.25, 0.3) is 5.92 Å². The standard InChI is InChI=1S/C52H67F2N3O11S/c1-30(2)66-35-17-15-33(16-18-35)44-45(65-10)40-24-36(64-9)19-20-38(40)46(55-44)67-37-25-41-42(58)28-52(48(61)56-69(62,63)50(7)21-22-50)27-34(52)14-12-11-13-31(3)23-32(4)39(47(60)57(41)29-37)26-43(59)68-49(5,6)51(8,53)54/h12,14-20,24,30-32,34,37,39,41H,11,13,21-23,25-29H2,1-10H3,(H,56,61)/b14-12-/t31-,32+,34+,37+,39-,41-,52+/m0/s1. The van der Waals surface area contributed by atoms with Crippen molar-refractivity contribution in [1.82, 2.24) is 14.6 Å². The Kier molecular flexibility index (Phi) is 14.5. The van der Waals surface area contributed by atoms with E-state index in [4.69, 9.17) is 28.7 Å². The average Bonchev–Trinajstić information content (AvgIpc) is 4.16. The zero-order chi connectivity index (χ0) is 50.4. The van der Waals surface area contributed by atoms with Gasteiger partial charge in [-0.05, 0) is 133 Å². The van der Waals surface area contributed by atoms with E-state index in [0.717, 1.165) is 13.8 Å². The van der Waals surface area contributed by atoms with Crippen LogP contribution < -0.4 is 23.7 Å². The summed E-state index contributed by atoms with van der Waals surface area (Å²) in [7, 11) is -0.974. The topological polar surface area (TPSA) is 177 Å². The zero-order valence-corrected chi connectivity index (χ0v) is 42.2. The Bertz CT molecular complexity index is 2590. The van der Waals surface area contributed by atoms with Crippen molar-refractivity contribution < 1.29 is 60.1 Å². The van der Waals surface area contributed by atoms with Crippen molar-refractivity contribution in [1.29, 1.82) is 0 Å². The molecule has 3 fully saturated rings. The minimum absolute atomic E-state index is 0.0435. The number of halogens is 2. The van der Waals surface area contributed by atoms with Crippen LogP contribution in [0.3, 0.4) is 0 Å². The number of benzene rings is 2. The molecule has 7 atom stereocenters. The van der Waals surface area contributed by atoms with Crippen molar-refractivity contribution >= 4 is 44.4 Å². The van der Waals surface area contributed by atoms with Crippen LogP contribution in [0.5, 0.6) is 23.1 Å². The molecule has 0 unspecified atom stereocenters. The molecule has 2 aliphatic heterocycles. The van der Waals surface area contributed by atoms with E-state index in [9.17, 15) is 26.8 Å². The van der Waals surface area contributed by atoms with Gasteiger partial charge >= 0.3 is 5.97 Å². The van der Waals surface area contributed by atoms with Crippen molar-refractivity contribution in [2.24, 2.45) is 29.1 Å². The van der Waals surface area contributed by atoms with Gasteiger partial charge in [0.1, 0.15) is 23.3 Å². The summed E-state index contributed by atoms with van der Waals surface area (Å²) in [5.74, 6) is -6.33. The number of sulfonamides is 1. The van der Waals surface area contributed by atoms with Crippen molar-refractivity contribution in [3.63, 3.8) is 0 Å². The van der Waals surface area contributed by atoms with Gasteiger partial charge in [-0.1, -0.05) is 26.0 Å². The van der Waals surface area contributed by atoms with Gasteiger partial charge in [-0.15, -0.1) is 0 Å². The van der Waals surface area contributed by atoms with E-state index >= 15 is 9.59 Å². The lowest BCUT2D eigenvalue weighted by Gasteiger charge is -2.34. The molecule has 3 aromatic rings. The molecule has 3 heterocycles. The predicted molar refractivity (Wildman–Crippen MR) is 256 cm³/mol. The molecule has 69 heavy (non-hydrogen) atoms. The molecular formula is C52H67F2N3O11S. The molecular weight excluding hydrogens is 913 g/mol. The van der Waals surface area contributed by atoms with E-state index < -0.39 is 91.6 Å². The Balaban J connectivity index is 1.29. The average molecular weight is 980 g/mol. The van der Waals surface area contributed by atoms with Gasteiger partial charge in [-0.3, -0.25) is 23.9 Å². The second-order valence-corrected chi connectivity index (χ2v) is 23.1. The number of amides is 2. The van der Waals surface area contributed by atoms with Crippen LogP contribution in [0.4, 0.5) is 8.78 Å². The molecule has 2 amide bonds. The van der Waals surface area contributed by atoms with E-state index in [0.29, 0.717) is 78.3 Å². The van der Waals surface area contributed by atoms with E-state index in [2.05, 4.69) is 4.72 Å². The number of fused-ring (bicyclic) bond motifs is 3. The van der Waals surface area contributed by atoms with E-state index in [-0.39, 0.29) is 43.7 Å². The Morgan fingerprint density at radius 1 is 0.971 bits per heavy atom. The Morgan fingerprint density at radius 2 is 1.65 bits per heavy atom. The minimum Gasteiger partial charge on any atom is -0.497 e. The first-order valence-corrected chi connectivity index (χ1v) is 25.5. The van der Waals surface area contributed by atoms with Crippen molar-refractivity contribution in [2.45, 2.75) is 148 Å². The van der Waals surface area contributed by atoms with Crippen LogP contribution >= 0.6 is 0 Å². The molecule has 376 valence electrons. The Labute approximate surface area is 404 Å². The fourth-order valence-electron chi connectivity index (χ4n) is 9.66. The third kappa shape index (κ3) is 10.9. The molecule has 0 bridgehead atoms. The number of allylic oxidation sites excluding steroid dienone is 2. The van der Waals surface area contributed by atoms with Crippen LogP contribution in [-0.2, 0) is 33.9 Å². The number of pyridine rings is 1. The maximum atomic E-state index is 15.3. The second kappa shape index (κ2) is 19.5. The molecule has 1 aromatic heterocycles. The van der Waals surface area contributed by atoms with Crippen LogP contribution in [0, 0.1) is 29.1 Å². The lowest BCUT2D eigenvalue weighted by molar-refractivity contribution is -0.197. The molecule has 4 aliphatic rings. The number of nitrogens with one attached hydrogen (secondary N) is 1. The van der Waals surface area contributed by atoms with Crippen molar-refractivity contribution in [2.75, 3.05) is 20.8 Å². The normalized spacial score (nSPS) is 26.8. The fourth-order valence-corrected chi connectivity index (χ4v) is 11.0. The number of hydrogen-bond donors (Lipinski definition) is 1. The van der Waals surface area contributed by atoms with Gasteiger partial charge < -0.3 is 28.6 Å². The quantitative estimate of drug-likeness (QED) is 0.120. The van der Waals surface area contributed by atoms with Crippen LogP contribution in [0.15, 0.2) is 54.6 Å². The van der Waals surface area contributed by atoms with Gasteiger partial charge in [0.15, 0.2) is 17.1 Å².